The minimum atomic E-state index is -1.70. The maximum atomic E-state index is 11.9. The number of aromatic hydroxyl groups is 1. The van der Waals surface area contributed by atoms with Crippen LogP contribution >= 0.6 is 0 Å². The third-order valence-corrected chi connectivity index (χ3v) is 2.91. The Balaban J connectivity index is 3.20. The number of hydrogen-bond acceptors (Lipinski definition) is 4. The highest BCUT2D eigenvalue weighted by Gasteiger charge is 2.36. The number of aliphatic hydroxyl groups is 1. The lowest BCUT2D eigenvalue weighted by atomic mass is 9.87. The first kappa shape index (κ1) is 15.5. The highest BCUT2D eigenvalue weighted by molar-refractivity contribution is 5.81. The molecule has 1 aromatic rings. The Morgan fingerprint density at radius 3 is 2.58 bits per heavy atom. The predicted octanol–water partition coefficient (Wildman–Crippen LogP) is 2.36. The Labute approximate surface area is 114 Å². The second kappa shape index (κ2) is 6.06. The third-order valence-electron chi connectivity index (χ3n) is 2.91. The van der Waals surface area contributed by atoms with Gasteiger partial charge in [0.25, 0.3) is 0 Å². The van der Waals surface area contributed by atoms with Gasteiger partial charge in [0.1, 0.15) is 5.75 Å². The van der Waals surface area contributed by atoms with Gasteiger partial charge >= 0.3 is 5.97 Å². The van der Waals surface area contributed by atoms with E-state index in [-0.39, 0.29) is 12.4 Å². The fourth-order valence-electron chi connectivity index (χ4n) is 2.05. The van der Waals surface area contributed by atoms with E-state index in [1.807, 2.05) is 13.8 Å². The number of ether oxygens (including phenoxy) is 1. The summed E-state index contributed by atoms with van der Waals surface area (Å²) in [5.74, 6) is -0.205. The number of hydrogen-bond donors (Lipinski definition) is 2. The summed E-state index contributed by atoms with van der Waals surface area (Å²) in [5, 5.41) is 20.0. The number of carbonyl (C=O) groups is 1. The smallest absolute Gasteiger partial charge is 0.342 e. The molecule has 2 N–H and O–H groups in total. The molecule has 0 saturated heterocycles. The summed E-state index contributed by atoms with van der Waals surface area (Å²) < 4.78 is 4.90. The number of esters is 1. The lowest BCUT2D eigenvalue weighted by Gasteiger charge is -2.25. The zero-order valence-electron chi connectivity index (χ0n) is 11.9. The highest BCUT2D eigenvalue weighted by Crippen LogP contribution is 2.30. The van der Waals surface area contributed by atoms with Crippen molar-refractivity contribution in [2.75, 3.05) is 6.61 Å². The molecule has 0 radical (unpaired) electrons. The van der Waals surface area contributed by atoms with Crippen LogP contribution < -0.4 is 0 Å². The van der Waals surface area contributed by atoms with Crippen molar-refractivity contribution >= 4 is 5.97 Å². The van der Waals surface area contributed by atoms with Crippen LogP contribution in [-0.4, -0.2) is 22.8 Å². The van der Waals surface area contributed by atoms with Crippen molar-refractivity contribution in [3.05, 3.63) is 29.3 Å². The van der Waals surface area contributed by atoms with Crippen molar-refractivity contribution in [2.45, 2.75) is 39.7 Å². The van der Waals surface area contributed by atoms with Crippen LogP contribution in [-0.2, 0) is 21.6 Å². The van der Waals surface area contributed by atoms with E-state index in [1.54, 1.807) is 19.1 Å². The molecule has 1 rings (SSSR count). The topological polar surface area (TPSA) is 66.8 Å². The van der Waals surface area contributed by atoms with Crippen molar-refractivity contribution in [1.82, 2.24) is 0 Å². The van der Waals surface area contributed by atoms with Gasteiger partial charge in [-0.3, -0.25) is 0 Å². The maximum Gasteiger partial charge on any atom is 0.342 e. The predicted molar refractivity (Wildman–Crippen MR) is 72.9 cm³/mol. The van der Waals surface area contributed by atoms with Gasteiger partial charge in [0.05, 0.1) is 6.61 Å². The van der Waals surface area contributed by atoms with E-state index >= 15 is 0 Å². The molecule has 106 valence electrons. The number of phenolic OH excluding ortho intramolecular Hbond substituents is 1. The molecule has 0 fully saturated rings. The van der Waals surface area contributed by atoms with Crippen LogP contribution in [0.4, 0.5) is 0 Å². The molecule has 0 aromatic heterocycles. The van der Waals surface area contributed by atoms with E-state index < -0.39 is 11.6 Å². The molecule has 0 aliphatic carbocycles. The van der Waals surface area contributed by atoms with Crippen LogP contribution in [0.5, 0.6) is 5.75 Å². The Kier molecular flexibility index (Phi) is 4.95. The van der Waals surface area contributed by atoms with Gasteiger partial charge in [0.2, 0.25) is 0 Å². The average Bonchev–Trinajstić information content (AvgIpc) is 2.28. The van der Waals surface area contributed by atoms with Crippen LogP contribution in [0.2, 0.25) is 0 Å². The first-order valence-electron chi connectivity index (χ1n) is 6.51. The summed E-state index contributed by atoms with van der Waals surface area (Å²) in [5.41, 5.74) is -0.459. The fraction of sp³-hybridized carbons (Fsp3) is 0.533. The van der Waals surface area contributed by atoms with Crippen molar-refractivity contribution < 1.29 is 19.7 Å². The summed E-state index contributed by atoms with van der Waals surface area (Å²) in [6.07, 6.45) is 0.666. The molecule has 19 heavy (non-hydrogen) atoms. The SMILES string of the molecule is CCOC(=O)C(C)(O)c1ccc(O)cc1CC(C)C. The molecular formula is C15H22O4. The molecule has 1 aromatic carbocycles. The van der Waals surface area contributed by atoms with Crippen LogP contribution in [0.1, 0.15) is 38.8 Å². The Morgan fingerprint density at radius 1 is 1.42 bits per heavy atom. The minimum absolute atomic E-state index is 0.124. The van der Waals surface area contributed by atoms with Crippen LogP contribution in [0, 0.1) is 5.92 Å². The Bertz CT molecular complexity index is 449. The zero-order valence-corrected chi connectivity index (χ0v) is 11.9. The molecule has 0 spiro atoms. The first-order valence-corrected chi connectivity index (χ1v) is 6.51. The lowest BCUT2D eigenvalue weighted by molar-refractivity contribution is -0.164. The molecule has 0 aliphatic heterocycles. The Hall–Kier alpha value is -1.55. The minimum Gasteiger partial charge on any atom is -0.508 e. The van der Waals surface area contributed by atoms with Crippen LogP contribution in [0.3, 0.4) is 0 Å². The molecule has 0 saturated carbocycles. The summed E-state index contributed by atoms with van der Waals surface area (Å²) >= 11 is 0. The van der Waals surface area contributed by atoms with Crippen LogP contribution in [0.25, 0.3) is 0 Å². The zero-order chi connectivity index (χ0) is 14.6. The van der Waals surface area contributed by atoms with Crippen LogP contribution in [0.15, 0.2) is 18.2 Å². The molecule has 4 nitrogen and oxygen atoms in total. The maximum absolute atomic E-state index is 11.9. The van der Waals surface area contributed by atoms with Gasteiger partial charge in [-0.25, -0.2) is 4.79 Å². The van der Waals surface area contributed by atoms with Gasteiger partial charge in [0.15, 0.2) is 5.60 Å². The van der Waals surface area contributed by atoms with Gasteiger partial charge in [-0.05, 0) is 49.4 Å². The molecule has 4 heteroatoms. The number of carbonyl (C=O) groups excluding carboxylic acids is 1. The molecule has 1 unspecified atom stereocenters. The quantitative estimate of drug-likeness (QED) is 0.803. The van der Waals surface area contributed by atoms with E-state index in [0.717, 1.165) is 5.56 Å². The second-order valence-corrected chi connectivity index (χ2v) is 5.23. The third kappa shape index (κ3) is 3.70. The van der Waals surface area contributed by atoms with Gasteiger partial charge < -0.3 is 14.9 Å². The summed E-state index contributed by atoms with van der Waals surface area (Å²) in [6.45, 7) is 7.40. The molecule has 0 bridgehead atoms. The molecule has 0 heterocycles. The van der Waals surface area contributed by atoms with E-state index in [2.05, 4.69) is 0 Å². The van der Waals surface area contributed by atoms with Crippen molar-refractivity contribution in [3.63, 3.8) is 0 Å². The second-order valence-electron chi connectivity index (χ2n) is 5.23. The normalized spacial score (nSPS) is 14.2. The summed E-state index contributed by atoms with van der Waals surface area (Å²) in [4.78, 5) is 11.9. The monoisotopic (exact) mass is 266 g/mol. The number of benzene rings is 1. The first-order chi connectivity index (χ1) is 8.78. The van der Waals surface area contributed by atoms with Gasteiger partial charge in [-0.2, -0.15) is 0 Å². The largest absolute Gasteiger partial charge is 0.508 e. The average molecular weight is 266 g/mol. The molecule has 0 aliphatic rings. The molecule has 0 amide bonds. The van der Waals surface area contributed by atoms with Crippen molar-refractivity contribution in [3.8, 4) is 5.75 Å². The lowest BCUT2D eigenvalue weighted by Crippen LogP contribution is -2.35. The molecular weight excluding hydrogens is 244 g/mol. The van der Waals surface area contributed by atoms with E-state index in [0.29, 0.717) is 17.9 Å². The summed E-state index contributed by atoms with van der Waals surface area (Å²) in [7, 11) is 0. The van der Waals surface area contributed by atoms with Crippen molar-refractivity contribution in [1.29, 1.82) is 0 Å². The fourth-order valence-corrected chi connectivity index (χ4v) is 2.05. The van der Waals surface area contributed by atoms with Crippen molar-refractivity contribution in [2.24, 2.45) is 5.92 Å². The highest BCUT2D eigenvalue weighted by atomic mass is 16.5. The number of rotatable bonds is 5. The standard InChI is InChI=1S/C15H22O4/c1-5-19-14(17)15(4,18)13-7-6-12(16)9-11(13)8-10(2)3/h6-7,9-10,16,18H,5,8H2,1-4H3. The Morgan fingerprint density at radius 2 is 2.05 bits per heavy atom. The number of phenols is 1. The van der Waals surface area contributed by atoms with E-state index in [1.165, 1.54) is 13.0 Å². The summed E-state index contributed by atoms with van der Waals surface area (Å²) in [6, 6.07) is 4.62. The van der Waals surface area contributed by atoms with Gasteiger partial charge in [-0.15, -0.1) is 0 Å². The molecule has 1 atom stereocenters. The van der Waals surface area contributed by atoms with Gasteiger partial charge in [0, 0.05) is 0 Å². The van der Waals surface area contributed by atoms with E-state index in [4.69, 9.17) is 4.74 Å². The van der Waals surface area contributed by atoms with E-state index in [9.17, 15) is 15.0 Å². The van der Waals surface area contributed by atoms with Gasteiger partial charge in [-0.1, -0.05) is 19.9 Å².